The largest absolute Gasteiger partial charge is 0.463 e. The minimum atomic E-state index is -1.37. The Morgan fingerprint density at radius 1 is 0.867 bits per heavy atom. The molecule has 0 aliphatic carbocycles. The van der Waals surface area contributed by atoms with Gasteiger partial charge in [-0.3, -0.25) is 0 Å². The van der Waals surface area contributed by atoms with Crippen molar-refractivity contribution in [3.8, 4) is 17.2 Å². The molecule has 0 radical (unpaired) electrons. The standard InChI is InChI=1S/C25H24N2O3/c1-25(28,30-23-10-6-3-7-11-23)18-24(27-17-16-26-19-27)20-12-14-22(15-13-20)29-21-8-4-2-5-9-21/h2-17,19,24,28H,18H2,1H3. The Balaban J connectivity index is 1.54. The van der Waals surface area contributed by atoms with E-state index in [1.54, 1.807) is 19.4 Å². The third-order valence-corrected chi connectivity index (χ3v) is 4.78. The number of benzene rings is 3. The molecule has 1 heterocycles. The third-order valence-electron chi connectivity index (χ3n) is 4.78. The fourth-order valence-corrected chi connectivity index (χ4v) is 3.37. The van der Waals surface area contributed by atoms with Gasteiger partial charge in [0, 0.05) is 25.7 Å². The van der Waals surface area contributed by atoms with E-state index in [9.17, 15) is 5.11 Å². The van der Waals surface area contributed by atoms with E-state index in [0.717, 1.165) is 17.1 Å². The van der Waals surface area contributed by atoms with Crippen LogP contribution in [0.4, 0.5) is 0 Å². The number of imidazole rings is 1. The fourth-order valence-electron chi connectivity index (χ4n) is 3.37. The molecule has 0 spiro atoms. The van der Waals surface area contributed by atoms with E-state index >= 15 is 0 Å². The molecule has 5 nitrogen and oxygen atoms in total. The second-order valence-corrected chi connectivity index (χ2v) is 7.30. The average molecular weight is 400 g/mol. The zero-order chi connectivity index (χ0) is 20.8. The van der Waals surface area contributed by atoms with Crippen molar-refractivity contribution in [2.45, 2.75) is 25.2 Å². The van der Waals surface area contributed by atoms with Crippen LogP contribution in [0.3, 0.4) is 0 Å². The molecule has 0 bridgehead atoms. The smallest absolute Gasteiger partial charge is 0.207 e. The lowest BCUT2D eigenvalue weighted by atomic mass is 9.99. The Hall–Kier alpha value is -3.57. The highest BCUT2D eigenvalue weighted by atomic mass is 16.6. The van der Waals surface area contributed by atoms with Crippen LogP contribution in [0.25, 0.3) is 0 Å². The van der Waals surface area contributed by atoms with Crippen LogP contribution in [-0.2, 0) is 0 Å². The summed E-state index contributed by atoms with van der Waals surface area (Å²) in [6, 6.07) is 26.7. The van der Waals surface area contributed by atoms with Crippen molar-refractivity contribution >= 4 is 0 Å². The van der Waals surface area contributed by atoms with Gasteiger partial charge in [-0.05, 0) is 42.0 Å². The van der Waals surface area contributed by atoms with Gasteiger partial charge in [0.25, 0.3) is 0 Å². The van der Waals surface area contributed by atoms with E-state index in [4.69, 9.17) is 9.47 Å². The highest BCUT2D eigenvalue weighted by molar-refractivity contribution is 5.34. The molecule has 0 aliphatic rings. The maximum Gasteiger partial charge on any atom is 0.207 e. The number of ether oxygens (including phenoxy) is 2. The van der Waals surface area contributed by atoms with Crippen molar-refractivity contribution in [1.29, 1.82) is 0 Å². The van der Waals surface area contributed by atoms with Gasteiger partial charge in [-0.1, -0.05) is 48.5 Å². The molecule has 30 heavy (non-hydrogen) atoms. The Morgan fingerprint density at radius 2 is 1.47 bits per heavy atom. The molecular formula is C25H24N2O3. The monoisotopic (exact) mass is 400 g/mol. The summed E-state index contributed by atoms with van der Waals surface area (Å²) < 4.78 is 13.7. The van der Waals surface area contributed by atoms with E-state index in [1.807, 2.05) is 95.7 Å². The predicted octanol–water partition coefficient (Wildman–Crippen LogP) is 5.44. The second kappa shape index (κ2) is 8.84. The van der Waals surface area contributed by atoms with Crippen LogP contribution in [0, 0.1) is 0 Å². The molecule has 0 amide bonds. The first-order valence-electron chi connectivity index (χ1n) is 9.86. The van der Waals surface area contributed by atoms with Crippen molar-refractivity contribution in [2.75, 3.05) is 0 Å². The Kier molecular flexibility index (Phi) is 5.82. The van der Waals surface area contributed by atoms with Crippen LogP contribution in [0.2, 0.25) is 0 Å². The second-order valence-electron chi connectivity index (χ2n) is 7.30. The number of nitrogens with zero attached hydrogens (tertiary/aromatic N) is 2. The predicted molar refractivity (Wildman–Crippen MR) is 116 cm³/mol. The fraction of sp³-hybridized carbons (Fsp3) is 0.160. The van der Waals surface area contributed by atoms with Crippen LogP contribution < -0.4 is 9.47 Å². The molecule has 3 aromatic carbocycles. The molecule has 5 heteroatoms. The molecule has 1 N–H and O–H groups in total. The molecule has 0 aliphatic heterocycles. The molecule has 1 aromatic heterocycles. The van der Waals surface area contributed by atoms with Crippen molar-refractivity contribution in [2.24, 2.45) is 0 Å². The molecule has 0 saturated heterocycles. The van der Waals surface area contributed by atoms with Crippen LogP contribution in [0.5, 0.6) is 17.2 Å². The summed E-state index contributed by atoms with van der Waals surface area (Å²) in [5, 5.41) is 11.0. The maximum absolute atomic E-state index is 11.0. The molecule has 0 fully saturated rings. The van der Waals surface area contributed by atoms with Crippen molar-refractivity contribution in [3.63, 3.8) is 0 Å². The van der Waals surface area contributed by atoms with E-state index < -0.39 is 5.79 Å². The van der Waals surface area contributed by atoms with Gasteiger partial charge in [-0.2, -0.15) is 0 Å². The van der Waals surface area contributed by atoms with E-state index in [-0.39, 0.29) is 6.04 Å². The lowest BCUT2D eigenvalue weighted by Gasteiger charge is -2.30. The maximum atomic E-state index is 11.0. The zero-order valence-electron chi connectivity index (χ0n) is 16.8. The van der Waals surface area contributed by atoms with Gasteiger partial charge in [0.05, 0.1) is 12.4 Å². The van der Waals surface area contributed by atoms with E-state index in [0.29, 0.717) is 12.2 Å². The van der Waals surface area contributed by atoms with Gasteiger partial charge in [0.15, 0.2) is 0 Å². The third kappa shape index (κ3) is 5.07. The quantitative estimate of drug-likeness (QED) is 0.400. The average Bonchev–Trinajstić information content (AvgIpc) is 3.29. The van der Waals surface area contributed by atoms with Crippen LogP contribution in [0.1, 0.15) is 24.9 Å². The number of aromatic nitrogens is 2. The molecule has 0 saturated carbocycles. The highest BCUT2D eigenvalue weighted by Gasteiger charge is 2.29. The van der Waals surface area contributed by atoms with Gasteiger partial charge in [0.1, 0.15) is 17.2 Å². The SMILES string of the molecule is CC(O)(CC(c1ccc(Oc2ccccc2)cc1)n1ccnc1)Oc1ccccc1. The van der Waals surface area contributed by atoms with Gasteiger partial charge >= 0.3 is 0 Å². The summed E-state index contributed by atoms with van der Waals surface area (Å²) in [7, 11) is 0. The molecule has 4 aromatic rings. The van der Waals surface area contributed by atoms with Crippen molar-refractivity contribution in [3.05, 3.63) is 109 Å². The number of para-hydroxylation sites is 2. The van der Waals surface area contributed by atoms with E-state index in [1.165, 1.54) is 0 Å². The molecule has 4 rings (SSSR count). The first kappa shape index (κ1) is 19.7. The first-order chi connectivity index (χ1) is 14.6. The summed E-state index contributed by atoms with van der Waals surface area (Å²) in [5.41, 5.74) is 1.02. The number of aliphatic hydroxyl groups is 1. The van der Waals surface area contributed by atoms with Gasteiger partial charge < -0.3 is 19.1 Å². The number of rotatable bonds is 8. The Bertz CT molecular complexity index is 1030. The molecular weight excluding hydrogens is 376 g/mol. The van der Waals surface area contributed by atoms with Crippen LogP contribution >= 0.6 is 0 Å². The normalized spacial score (nSPS) is 13.9. The summed E-state index contributed by atoms with van der Waals surface area (Å²) >= 11 is 0. The van der Waals surface area contributed by atoms with E-state index in [2.05, 4.69) is 4.98 Å². The minimum absolute atomic E-state index is 0.156. The Morgan fingerprint density at radius 3 is 2.07 bits per heavy atom. The summed E-state index contributed by atoms with van der Waals surface area (Å²) in [6.07, 6.45) is 5.71. The van der Waals surface area contributed by atoms with Gasteiger partial charge in [-0.15, -0.1) is 0 Å². The molecule has 152 valence electrons. The summed E-state index contributed by atoms with van der Waals surface area (Å²) in [5.74, 6) is 0.797. The minimum Gasteiger partial charge on any atom is -0.463 e. The number of hydrogen-bond acceptors (Lipinski definition) is 4. The van der Waals surface area contributed by atoms with Gasteiger partial charge in [0.2, 0.25) is 5.79 Å². The Labute approximate surface area is 176 Å². The first-order valence-corrected chi connectivity index (χ1v) is 9.86. The van der Waals surface area contributed by atoms with Crippen molar-refractivity contribution in [1.82, 2.24) is 9.55 Å². The van der Waals surface area contributed by atoms with Crippen molar-refractivity contribution < 1.29 is 14.6 Å². The van der Waals surface area contributed by atoms with Crippen LogP contribution in [-0.4, -0.2) is 20.4 Å². The summed E-state index contributed by atoms with van der Waals surface area (Å²) in [4.78, 5) is 4.17. The lowest BCUT2D eigenvalue weighted by molar-refractivity contribution is -0.132. The summed E-state index contributed by atoms with van der Waals surface area (Å²) in [6.45, 7) is 1.68. The van der Waals surface area contributed by atoms with Crippen LogP contribution in [0.15, 0.2) is 104 Å². The molecule has 2 atom stereocenters. The topological polar surface area (TPSA) is 56.5 Å². The zero-order valence-corrected chi connectivity index (χ0v) is 16.8. The highest BCUT2D eigenvalue weighted by Crippen LogP contribution is 2.31. The van der Waals surface area contributed by atoms with Gasteiger partial charge in [-0.25, -0.2) is 4.98 Å². The molecule has 2 unspecified atom stereocenters. The lowest BCUT2D eigenvalue weighted by Crippen LogP contribution is -2.35. The number of hydrogen-bond donors (Lipinski definition) is 1.